The number of pyridine rings is 2. The average Bonchev–Trinajstić information content (AvgIpc) is 2.54. The lowest BCUT2D eigenvalue weighted by Crippen LogP contribution is -2.31. The average molecular weight is 299 g/mol. The minimum Gasteiger partial charge on any atom is -0.503 e. The lowest BCUT2D eigenvalue weighted by molar-refractivity contribution is 0.215. The zero-order valence-electron chi connectivity index (χ0n) is 12.6. The van der Waals surface area contributed by atoms with Crippen LogP contribution in [0, 0.1) is 0 Å². The summed E-state index contributed by atoms with van der Waals surface area (Å²) in [4.78, 5) is 18.3. The molecule has 5 nitrogen and oxygen atoms in total. The monoisotopic (exact) mass is 299 g/mol. The van der Waals surface area contributed by atoms with Gasteiger partial charge < -0.3 is 9.67 Å². The largest absolute Gasteiger partial charge is 0.503 e. The lowest BCUT2D eigenvalue weighted by atomic mass is 10.1. The Morgan fingerprint density at radius 2 is 2.00 bits per heavy atom. The zero-order valence-corrected chi connectivity index (χ0v) is 12.6. The molecular formula is C17H21N3O2. The summed E-state index contributed by atoms with van der Waals surface area (Å²) in [6, 6.07) is 5.44. The first-order valence-corrected chi connectivity index (χ1v) is 7.76. The van der Waals surface area contributed by atoms with E-state index < -0.39 is 0 Å². The van der Waals surface area contributed by atoms with E-state index in [9.17, 15) is 9.90 Å². The summed E-state index contributed by atoms with van der Waals surface area (Å²) in [5.74, 6) is -0.203. The van der Waals surface area contributed by atoms with Crippen molar-refractivity contribution in [1.29, 1.82) is 0 Å². The molecule has 0 atom stereocenters. The van der Waals surface area contributed by atoms with Crippen LogP contribution in [0.2, 0.25) is 0 Å². The smallest absolute Gasteiger partial charge is 0.223 e. The normalized spacial score (nSPS) is 15.8. The maximum Gasteiger partial charge on any atom is 0.223 e. The molecule has 0 bridgehead atoms. The SMILES string of the molecule is O=c1cc(CN2CCCCC2)n(Cc2cccnc2)cc1O. The molecule has 3 heterocycles. The summed E-state index contributed by atoms with van der Waals surface area (Å²) in [6.45, 7) is 3.49. The van der Waals surface area contributed by atoms with E-state index in [1.807, 2.05) is 16.7 Å². The van der Waals surface area contributed by atoms with E-state index >= 15 is 0 Å². The summed E-state index contributed by atoms with van der Waals surface area (Å²) in [6.07, 6.45) is 8.79. The minimum atomic E-state index is -0.311. The Bertz CT molecular complexity index is 676. The third-order valence-electron chi connectivity index (χ3n) is 4.11. The molecule has 1 saturated heterocycles. The number of piperidine rings is 1. The summed E-state index contributed by atoms with van der Waals surface area (Å²) in [5.41, 5.74) is 1.67. The van der Waals surface area contributed by atoms with Crippen LogP contribution in [0.25, 0.3) is 0 Å². The molecule has 116 valence electrons. The van der Waals surface area contributed by atoms with Crippen LogP contribution < -0.4 is 5.43 Å². The molecule has 5 heteroatoms. The fraction of sp³-hybridized carbons (Fsp3) is 0.412. The van der Waals surface area contributed by atoms with Crippen LogP contribution in [0.3, 0.4) is 0 Å². The molecule has 1 aliphatic rings. The van der Waals surface area contributed by atoms with Gasteiger partial charge in [0.15, 0.2) is 5.75 Å². The van der Waals surface area contributed by atoms with Crippen molar-refractivity contribution in [2.45, 2.75) is 32.4 Å². The summed E-state index contributed by atoms with van der Waals surface area (Å²) in [7, 11) is 0. The Labute approximate surface area is 129 Å². The third-order valence-corrected chi connectivity index (χ3v) is 4.11. The Kier molecular flexibility index (Phi) is 4.53. The number of hydrogen-bond donors (Lipinski definition) is 1. The van der Waals surface area contributed by atoms with Gasteiger partial charge in [-0.15, -0.1) is 0 Å². The van der Waals surface area contributed by atoms with Gasteiger partial charge in [-0.2, -0.15) is 0 Å². The lowest BCUT2D eigenvalue weighted by Gasteiger charge is -2.27. The van der Waals surface area contributed by atoms with E-state index in [1.54, 1.807) is 18.5 Å². The fourth-order valence-corrected chi connectivity index (χ4v) is 2.92. The van der Waals surface area contributed by atoms with Gasteiger partial charge in [0.2, 0.25) is 5.43 Å². The van der Waals surface area contributed by atoms with E-state index in [0.29, 0.717) is 6.54 Å². The van der Waals surface area contributed by atoms with Crippen LogP contribution in [0.5, 0.6) is 5.75 Å². The van der Waals surface area contributed by atoms with Crippen molar-refractivity contribution in [3.63, 3.8) is 0 Å². The molecule has 0 amide bonds. The van der Waals surface area contributed by atoms with Crippen molar-refractivity contribution in [3.8, 4) is 5.75 Å². The predicted molar refractivity (Wildman–Crippen MR) is 84.8 cm³/mol. The quantitative estimate of drug-likeness (QED) is 0.938. The van der Waals surface area contributed by atoms with Gasteiger partial charge >= 0.3 is 0 Å². The molecule has 1 N–H and O–H groups in total. The molecule has 0 aliphatic carbocycles. The van der Waals surface area contributed by atoms with Crippen molar-refractivity contribution in [2.75, 3.05) is 13.1 Å². The molecule has 1 fully saturated rings. The van der Waals surface area contributed by atoms with Gasteiger partial charge in [0.05, 0.1) is 6.20 Å². The van der Waals surface area contributed by atoms with Crippen LogP contribution in [0.1, 0.15) is 30.5 Å². The summed E-state index contributed by atoms with van der Waals surface area (Å²) in [5, 5.41) is 9.75. The van der Waals surface area contributed by atoms with Gasteiger partial charge in [0.1, 0.15) is 0 Å². The van der Waals surface area contributed by atoms with E-state index in [2.05, 4.69) is 9.88 Å². The van der Waals surface area contributed by atoms with E-state index in [0.717, 1.165) is 30.9 Å². The zero-order chi connectivity index (χ0) is 15.4. The van der Waals surface area contributed by atoms with E-state index in [4.69, 9.17) is 0 Å². The van der Waals surface area contributed by atoms with Gasteiger partial charge in [0, 0.05) is 37.2 Å². The van der Waals surface area contributed by atoms with Crippen molar-refractivity contribution in [3.05, 3.63) is 58.3 Å². The number of likely N-dealkylation sites (tertiary alicyclic amines) is 1. The maximum atomic E-state index is 11.8. The number of aromatic hydroxyl groups is 1. The Hall–Kier alpha value is -2.14. The molecule has 22 heavy (non-hydrogen) atoms. The second-order valence-corrected chi connectivity index (χ2v) is 5.84. The van der Waals surface area contributed by atoms with Gasteiger partial charge in [-0.05, 0) is 37.6 Å². The second kappa shape index (κ2) is 6.75. The molecule has 0 saturated carbocycles. The molecule has 2 aromatic heterocycles. The van der Waals surface area contributed by atoms with Gasteiger partial charge in [-0.3, -0.25) is 14.7 Å². The highest BCUT2D eigenvalue weighted by Gasteiger charge is 2.14. The standard InChI is InChI=1S/C17H21N3O2/c21-16-9-15(12-19-7-2-1-3-8-19)20(13-17(16)22)11-14-5-4-6-18-10-14/h4-6,9-10,13,22H,1-3,7-8,11-12H2. The number of rotatable bonds is 4. The molecular weight excluding hydrogens is 278 g/mol. The van der Waals surface area contributed by atoms with Crippen molar-refractivity contribution in [2.24, 2.45) is 0 Å². The van der Waals surface area contributed by atoms with Crippen molar-refractivity contribution in [1.82, 2.24) is 14.5 Å². The number of aromatic nitrogens is 2. The van der Waals surface area contributed by atoms with Gasteiger partial charge in [0.25, 0.3) is 0 Å². The molecule has 0 unspecified atom stereocenters. The van der Waals surface area contributed by atoms with E-state index in [-0.39, 0.29) is 11.2 Å². The second-order valence-electron chi connectivity index (χ2n) is 5.84. The van der Waals surface area contributed by atoms with Crippen molar-refractivity contribution < 1.29 is 5.11 Å². The molecule has 3 rings (SSSR count). The first-order valence-electron chi connectivity index (χ1n) is 7.76. The summed E-state index contributed by atoms with van der Waals surface area (Å²) < 4.78 is 1.95. The number of nitrogens with zero attached hydrogens (tertiary/aromatic N) is 3. The molecule has 0 radical (unpaired) electrons. The Morgan fingerprint density at radius 3 is 2.73 bits per heavy atom. The highest BCUT2D eigenvalue weighted by atomic mass is 16.3. The summed E-state index contributed by atoms with van der Waals surface area (Å²) >= 11 is 0. The van der Waals surface area contributed by atoms with Crippen LogP contribution in [0.15, 0.2) is 41.6 Å². The number of hydrogen-bond acceptors (Lipinski definition) is 4. The molecule has 0 aromatic carbocycles. The van der Waals surface area contributed by atoms with Gasteiger partial charge in [-0.25, -0.2) is 0 Å². The highest BCUT2D eigenvalue weighted by molar-refractivity contribution is 5.22. The fourth-order valence-electron chi connectivity index (χ4n) is 2.92. The molecule has 2 aromatic rings. The third kappa shape index (κ3) is 3.54. The van der Waals surface area contributed by atoms with Crippen LogP contribution in [-0.2, 0) is 13.1 Å². The first kappa shape index (κ1) is 14.8. The Morgan fingerprint density at radius 1 is 1.18 bits per heavy atom. The van der Waals surface area contributed by atoms with E-state index in [1.165, 1.54) is 25.5 Å². The van der Waals surface area contributed by atoms with Crippen LogP contribution >= 0.6 is 0 Å². The van der Waals surface area contributed by atoms with Crippen molar-refractivity contribution >= 4 is 0 Å². The van der Waals surface area contributed by atoms with Crippen LogP contribution in [-0.4, -0.2) is 32.6 Å². The highest BCUT2D eigenvalue weighted by Crippen LogP contribution is 2.15. The first-order chi connectivity index (χ1) is 10.7. The molecule has 0 spiro atoms. The minimum absolute atomic E-state index is 0.203. The molecule has 1 aliphatic heterocycles. The van der Waals surface area contributed by atoms with Crippen LogP contribution in [0.4, 0.5) is 0 Å². The van der Waals surface area contributed by atoms with Gasteiger partial charge in [-0.1, -0.05) is 12.5 Å². The maximum absolute atomic E-state index is 11.8. The topological polar surface area (TPSA) is 58.4 Å². The predicted octanol–water partition coefficient (Wildman–Crippen LogP) is 1.98. The Balaban J connectivity index is 1.86.